The van der Waals surface area contributed by atoms with Crippen LogP contribution in [0.4, 0.5) is 5.69 Å². The molecule has 3 rings (SSSR count). The summed E-state index contributed by atoms with van der Waals surface area (Å²) in [4.78, 5) is 22.0. The van der Waals surface area contributed by atoms with Gasteiger partial charge in [-0.3, -0.25) is 0 Å². The predicted octanol–water partition coefficient (Wildman–Crippen LogP) is 3.41. The molecule has 0 radical (unpaired) electrons. The van der Waals surface area contributed by atoms with E-state index >= 15 is 0 Å². The fourth-order valence-corrected chi connectivity index (χ4v) is 2.78. The van der Waals surface area contributed by atoms with Gasteiger partial charge in [-0.25, -0.2) is 9.59 Å². The van der Waals surface area contributed by atoms with Crippen LogP contribution >= 0.6 is 0 Å². The zero-order chi connectivity index (χ0) is 19.7. The lowest BCUT2D eigenvalue weighted by atomic mass is 9.96. The van der Waals surface area contributed by atoms with Crippen LogP contribution in [-0.2, 0) is 0 Å². The zero-order valence-corrected chi connectivity index (χ0v) is 13.9. The van der Waals surface area contributed by atoms with Crippen LogP contribution in [0.5, 0.6) is 11.5 Å². The van der Waals surface area contributed by atoms with E-state index in [1.54, 1.807) is 30.3 Å². The maximum Gasteiger partial charge on any atom is 0.339 e. The number of carboxylic acid groups (broad SMARTS) is 2. The van der Waals surface area contributed by atoms with Crippen molar-refractivity contribution < 1.29 is 30.0 Å². The molecule has 7 heteroatoms. The van der Waals surface area contributed by atoms with Crippen molar-refractivity contribution in [2.75, 3.05) is 5.73 Å². The molecule has 0 aliphatic carbocycles. The molecule has 0 aromatic heterocycles. The molecule has 0 heterocycles. The lowest BCUT2D eigenvalue weighted by Crippen LogP contribution is -1.98. The number of aromatic carboxylic acids is 2. The Balaban J connectivity index is 1.99. The summed E-state index contributed by atoms with van der Waals surface area (Å²) in [6, 6.07) is 13.4. The third-order valence-electron chi connectivity index (χ3n) is 4.15. The van der Waals surface area contributed by atoms with Crippen LogP contribution in [0.1, 0.15) is 20.7 Å². The molecule has 136 valence electrons. The molecule has 7 nitrogen and oxygen atoms in total. The average Bonchev–Trinajstić information content (AvgIpc) is 2.60. The number of carbonyl (C=O) groups is 2. The van der Waals surface area contributed by atoms with E-state index in [-0.39, 0.29) is 22.6 Å². The van der Waals surface area contributed by atoms with Crippen molar-refractivity contribution in [2.45, 2.75) is 0 Å². The smallest absolute Gasteiger partial charge is 0.339 e. The third-order valence-corrected chi connectivity index (χ3v) is 4.15. The van der Waals surface area contributed by atoms with Gasteiger partial charge in [-0.2, -0.15) is 0 Å². The Morgan fingerprint density at radius 1 is 0.667 bits per heavy atom. The summed E-state index contributed by atoms with van der Waals surface area (Å²) in [6.07, 6.45) is 0. The van der Waals surface area contributed by atoms with E-state index in [2.05, 4.69) is 0 Å². The van der Waals surface area contributed by atoms with Crippen LogP contribution in [0.2, 0.25) is 0 Å². The number of nitrogen functional groups attached to an aromatic ring is 1. The van der Waals surface area contributed by atoms with Gasteiger partial charge in [0.1, 0.15) is 22.6 Å². The second kappa shape index (κ2) is 6.72. The van der Waals surface area contributed by atoms with Crippen molar-refractivity contribution in [3.63, 3.8) is 0 Å². The first kappa shape index (κ1) is 17.8. The van der Waals surface area contributed by atoms with E-state index in [4.69, 9.17) is 15.9 Å². The summed E-state index contributed by atoms with van der Waals surface area (Å²) >= 11 is 0. The highest BCUT2D eigenvalue weighted by Gasteiger charge is 2.14. The minimum Gasteiger partial charge on any atom is -0.507 e. The average molecular weight is 365 g/mol. The zero-order valence-electron chi connectivity index (χ0n) is 13.9. The number of hydrogen-bond acceptors (Lipinski definition) is 5. The van der Waals surface area contributed by atoms with E-state index in [0.717, 1.165) is 0 Å². The first-order chi connectivity index (χ1) is 12.8. The number of hydrogen-bond donors (Lipinski definition) is 5. The molecule has 0 fully saturated rings. The molecule has 3 aromatic carbocycles. The summed E-state index contributed by atoms with van der Waals surface area (Å²) in [5, 5.41) is 37.6. The first-order valence-corrected chi connectivity index (χ1v) is 7.81. The highest BCUT2D eigenvalue weighted by molar-refractivity contribution is 5.93. The number of aromatic hydroxyl groups is 2. The van der Waals surface area contributed by atoms with E-state index in [9.17, 15) is 19.8 Å². The molecule has 27 heavy (non-hydrogen) atoms. The second-order valence-electron chi connectivity index (χ2n) is 5.88. The summed E-state index contributed by atoms with van der Waals surface area (Å²) in [5.41, 5.74) is 8.46. The molecule has 0 unspecified atom stereocenters. The number of nitrogens with two attached hydrogens (primary N) is 1. The SMILES string of the molecule is Nc1cc(-c2ccc(C(=O)O)c(O)c2)ccc1-c1ccc(C(=O)O)c(O)c1. The van der Waals surface area contributed by atoms with Gasteiger partial charge in [-0.05, 0) is 47.0 Å². The van der Waals surface area contributed by atoms with Gasteiger partial charge in [-0.1, -0.05) is 24.3 Å². The molecule has 0 saturated heterocycles. The summed E-state index contributed by atoms with van der Waals surface area (Å²) < 4.78 is 0. The number of benzene rings is 3. The molecule has 0 aliphatic rings. The molecule has 6 N–H and O–H groups in total. The Morgan fingerprint density at radius 2 is 1.11 bits per heavy atom. The van der Waals surface area contributed by atoms with Crippen LogP contribution in [-0.4, -0.2) is 32.4 Å². The van der Waals surface area contributed by atoms with Crippen LogP contribution in [0.15, 0.2) is 54.6 Å². The molecule has 0 amide bonds. The highest BCUT2D eigenvalue weighted by Crippen LogP contribution is 2.34. The molecular formula is C20H15NO6. The van der Waals surface area contributed by atoms with E-state index in [0.29, 0.717) is 27.9 Å². The maximum atomic E-state index is 11.0. The van der Waals surface area contributed by atoms with E-state index in [1.807, 2.05) is 0 Å². The minimum atomic E-state index is -1.23. The topological polar surface area (TPSA) is 141 Å². The predicted molar refractivity (Wildman–Crippen MR) is 99.0 cm³/mol. The standard InChI is InChI=1S/C20H15NO6/c21-16-7-10(11-2-5-14(19(24)25)17(22)8-11)1-4-13(16)12-3-6-15(20(26)27)18(23)9-12/h1-9,22-23H,21H2,(H,24,25)(H,26,27). The molecule has 0 atom stereocenters. The largest absolute Gasteiger partial charge is 0.507 e. The number of anilines is 1. The Hall–Kier alpha value is -4.00. The minimum absolute atomic E-state index is 0.197. The normalized spacial score (nSPS) is 10.5. The lowest BCUT2D eigenvalue weighted by molar-refractivity contribution is 0.0682. The Bertz CT molecular complexity index is 1070. The molecule has 3 aromatic rings. The van der Waals surface area contributed by atoms with Crippen molar-refractivity contribution in [1.29, 1.82) is 0 Å². The molecular weight excluding hydrogens is 350 g/mol. The van der Waals surface area contributed by atoms with Gasteiger partial charge < -0.3 is 26.2 Å². The summed E-state index contributed by atoms with van der Waals surface area (Å²) in [5.74, 6) is -3.17. The maximum absolute atomic E-state index is 11.0. The highest BCUT2D eigenvalue weighted by atomic mass is 16.4. The monoisotopic (exact) mass is 365 g/mol. The van der Waals surface area contributed by atoms with Crippen LogP contribution in [0.3, 0.4) is 0 Å². The molecule has 0 saturated carbocycles. The van der Waals surface area contributed by atoms with Gasteiger partial charge in [0.25, 0.3) is 0 Å². The Morgan fingerprint density at radius 3 is 1.59 bits per heavy atom. The van der Waals surface area contributed by atoms with Gasteiger partial charge in [0.15, 0.2) is 0 Å². The van der Waals surface area contributed by atoms with Crippen LogP contribution in [0, 0.1) is 0 Å². The van der Waals surface area contributed by atoms with Crippen molar-refractivity contribution in [1.82, 2.24) is 0 Å². The molecule has 0 aliphatic heterocycles. The number of phenols is 2. The van der Waals surface area contributed by atoms with E-state index < -0.39 is 11.9 Å². The number of carboxylic acids is 2. The van der Waals surface area contributed by atoms with Crippen molar-refractivity contribution in [3.8, 4) is 33.8 Å². The van der Waals surface area contributed by atoms with Crippen molar-refractivity contribution >= 4 is 17.6 Å². The Kier molecular flexibility index (Phi) is 4.43. The van der Waals surface area contributed by atoms with Crippen molar-refractivity contribution in [2.24, 2.45) is 0 Å². The summed E-state index contributed by atoms with van der Waals surface area (Å²) in [6.45, 7) is 0. The van der Waals surface area contributed by atoms with Gasteiger partial charge in [0.2, 0.25) is 0 Å². The van der Waals surface area contributed by atoms with Gasteiger partial charge in [0.05, 0.1) is 0 Å². The van der Waals surface area contributed by atoms with Gasteiger partial charge >= 0.3 is 11.9 Å². The van der Waals surface area contributed by atoms with Crippen LogP contribution < -0.4 is 5.73 Å². The molecule has 0 bridgehead atoms. The molecule has 0 spiro atoms. The van der Waals surface area contributed by atoms with Gasteiger partial charge in [-0.15, -0.1) is 0 Å². The first-order valence-electron chi connectivity index (χ1n) is 7.81. The van der Waals surface area contributed by atoms with E-state index in [1.165, 1.54) is 24.3 Å². The fourth-order valence-electron chi connectivity index (χ4n) is 2.78. The Labute approximate surface area is 153 Å². The quantitative estimate of drug-likeness (QED) is 0.446. The second-order valence-corrected chi connectivity index (χ2v) is 5.88. The fraction of sp³-hybridized carbons (Fsp3) is 0. The lowest BCUT2D eigenvalue weighted by Gasteiger charge is -2.11. The van der Waals surface area contributed by atoms with Crippen molar-refractivity contribution in [3.05, 3.63) is 65.7 Å². The number of rotatable bonds is 4. The summed E-state index contributed by atoms with van der Waals surface area (Å²) in [7, 11) is 0. The van der Waals surface area contributed by atoms with Crippen LogP contribution in [0.25, 0.3) is 22.3 Å². The third kappa shape index (κ3) is 3.38. The van der Waals surface area contributed by atoms with Gasteiger partial charge in [0, 0.05) is 11.3 Å².